The van der Waals surface area contributed by atoms with Gasteiger partial charge in [0.25, 0.3) is 0 Å². The minimum absolute atomic E-state index is 0.0203. The van der Waals surface area contributed by atoms with Crippen molar-refractivity contribution in [2.24, 2.45) is 23.0 Å². The van der Waals surface area contributed by atoms with E-state index in [1.165, 1.54) is 4.90 Å². The number of carbonyl (C=O) groups excluding carboxylic acids is 2. The summed E-state index contributed by atoms with van der Waals surface area (Å²) in [6.45, 7) is 9.03. The molecule has 0 aliphatic carbocycles. The van der Waals surface area contributed by atoms with Crippen LogP contribution in [0.2, 0.25) is 0 Å². The van der Waals surface area contributed by atoms with Crippen molar-refractivity contribution < 1.29 is 9.59 Å². The molecule has 0 aromatic heterocycles. The van der Waals surface area contributed by atoms with Crippen LogP contribution in [0.4, 0.5) is 0 Å². The van der Waals surface area contributed by atoms with Crippen molar-refractivity contribution in [2.45, 2.75) is 40.5 Å². The fourth-order valence-electron chi connectivity index (χ4n) is 2.07. The number of amides is 2. The lowest BCUT2D eigenvalue weighted by Gasteiger charge is -2.23. The lowest BCUT2D eigenvalue weighted by molar-refractivity contribution is -0.139. The zero-order valence-electron chi connectivity index (χ0n) is 11.3. The smallest absolute Gasteiger partial charge is 0.232 e. The van der Waals surface area contributed by atoms with E-state index in [1.807, 2.05) is 13.8 Å². The highest BCUT2D eigenvalue weighted by molar-refractivity contribution is 6.04. The van der Waals surface area contributed by atoms with Crippen molar-refractivity contribution >= 4 is 11.8 Å². The van der Waals surface area contributed by atoms with Crippen LogP contribution in [0, 0.1) is 17.3 Å². The van der Waals surface area contributed by atoms with Gasteiger partial charge in [0.1, 0.15) is 0 Å². The Bertz CT molecular complexity index is 293. The number of rotatable bonds is 5. The van der Waals surface area contributed by atoms with Crippen molar-refractivity contribution in [3.8, 4) is 0 Å². The average molecular weight is 240 g/mol. The molecule has 0 spiro atoms. The van der Waals surface area contributed by atoms with Gasteiger partial charge in [0, 0.05) is 18.4 Å². The van der Waals surface area contributed by atoms with Crippen LogP contribution in [0.15, 0.2) is 0 Å². The number of imide groups is 1. The van der Waals surface area contributed by atoms with Gasteiger partial charge in [0.15, 0.2) is 0 Å². The van der Waals surface area contributed by atoms with Crippen molar-refractivity contribution in [3.63, 3.8) is 0 Å². The molecule has 1 rings (SSSR count). The van der Waals surface area contributed by atoms with E-state index in [9.17, 15) is 9.59 Å². The summed E-state index contributed by atoms with van der Waals surface area (Å²) in [5.74, 6) is -0.365. The Morgan fingerprint density at radius 2 is 1.65 bits per heavy atom. The van der Waals surface area contributed by atoms with E-state index in [2.05, 4.69) is 13.8 Å². The highest BCUT2D eigenvalue weighted by atomic mass is 16.2. The van der Waals surface area contributed by atoms with E-state index >= 15 is 0 Å². The summed E-state index contributed by atoms with van der Waals surface area (Å²) in [5.41, 5.74) is 5.74. The first-order chi connectivity index (χ1) is 7.80. The van der Waals surface area contributed by atoms with Gasteiger partial charge in [-0.2, -0.15) is 0 Å². The molecule has 0 aromatic carbocycles. The Morgan fingerprint density at radius 3 is 2.06 bits per heavy atom. The summed E-state index contributed by atoms with van der Waals surface area (Å²) in [4.78, 5) is 25.1. The molecule has 2 N–H and O–H groups in total. The summed E-state index contributed by atoms with van der Waals surface area (Å²) in [6, 6.07) is 0. The third-order valence-corrected chi connectivity index (χ3v) is 3.85. The van der Waals surface area contributed by atoms with Crippen LogP contribution in [0.25, 0.3) is 0 Å². The van der Waals surface area contributed by atoms with Crippen LogP contribution >= 0.6 is 0 Å². The predicted molar refractivity (Wildman–Crippen MR) is 67.1 cm³/mol. The fraction of sp³-hybridized carbons (Fsp3) is 0.846. The van der Waals surface area contributed by atoms with Crippen LogP contribution < -0.4 is 5.73 Å². The molecule has 0 radical (unpaired) electrons. The van der Waals surface area contributed by atoms with E-state index in [0.717, 1.165) is 12.8 Å². The Hall–Kier alpha value is -0.900. The van der Waals surface area contributed by atoms with Crippen molar-refractivity contribution in [3.05, 3.63) is 0 Å². The molecule has 2 unspecified atom stereocenters. The average Bonchev–Trinajstić information content (AvgIpc) is 2.46. The lowest BCUT2D eigenvalue weighted by atomic mass is 9.88. The lowest BCUT2D eigenvalue weighted by Crippen LogP contribution is -2.33. The molecule has 2 amide bonds. The molecule has 4 heteroatoms. The first-order valence-corrected chi connectivity index (χ1v) is 6.35. The zero-order valence-corrected chi connectivity index (χ0v) is 11.3. The highest BCUT2D eigenvalue weighted by Gasteiger charge is 2.41. The van der Waals surface area contributed by atoms with Gasteiger partial charge < -0.3 is 5.73 Å². The van der Waals surface area contributed by atoms with Gasteiger partial charge in [-0.15, -0.1) is 0 Å². The minimum Gasteiger partial charge on any atom is -0.330 e. The number of nitrogens with zero attached hydrogens (tertiary/aromatic N) is 1. The SMILES string of the molecule is CC1C(=O)N(CCCC(C)(C)CN)C(=O)C1C. The number of hydrogen-bond donors (Lipinski definition) is 1. The van der Waals surface area contributed by atoms with Gasteiger partial charge in [0.05, 0.1) is 0 Å². The Balaban J connectivity index is 2.48. The normalized spacial score (nSPS) is 25.8. The van der Waals surface area contributed by atoms with E-state index in [0.29, 0.717) is 13.1 Å². The second-order valence-corrected chi connectivity index (χ2v) is 5.88. The summed E-state index contributed by atoms with van der Waals surface area (Å²) in [6.07, 6.45) is 1.77. The Morgan fingerprint density at radius 1 is 1.18 bits per heavy atom. The molecule has 17 heavy (non-hydrogen) atoms. The second-order valence-electron chi connectivity index (χ2n) is 5.88. The first kappa shape index (κ1) is 14.2. The quantitative estimate of drug-likeness (QED) is 0.739. The fourth-order valence-corrected chi connectivity index (χ4v) is 2.07. The highest BCUT2D eigenvalue weighted by Crippen LogP contribution is 2.27. The van der Waals surface area contributed by atoms with Crippen LogP contribution in [-0.2, 0) is 9.59 Å². The molecule has 1 fully saturated rings. The summed E-state index contributed by atoms with van der Waals surface area (Å²) in [5, 5.41) is 0. The summed E-state index contributed by atoms with van der Waals surface area (Å²) >= 11 is 0. The Kier molecular flexibility index (Phi) is 4.31. The number of likely N-dealkylation sites (tertiary alicyclic amines) is 1. The monoisotopic (exact) mass is 240 g/mol. The van der Waals surface area contributed by atoms with E-state index in [1.54, 1.807) is 0 Å². The van der Waals surface area contributed by atoms with E-state index in [4.69, 9.17) is 5.73 Å². The molecule has 4 nitrogen and oxygen atoms in total. The molecule has 1 aliphatic heterocycles. The maximum atomic E-state index is 11.8. The number of nitrogens with two attached hydrogens (primary N) is 1. The summed E-state index contributed by atoms with van der Waals surface area (Å²) in [7, 11) is 0. The van der Waals surface area contributed by atoms with Crippen molar-refractivity contribution in [2.75, 3.05) is 13.1 Å². The van der Waals surface area contributed by atoms with Gasteiger partial charge >= 0.3 is 0 Å². The van der Waals surface area contributed by atoms with Crippen molar-refractivity contribution in [1.29, 1.82) is 0 Å². The summed E-state index contributed by atoms with van der Waals surface area (Å²) < 4.78 is 0. The molecular weight excluding hydrogens is 216 g/mol. The molecule has 0 aromatic rings. The molecule has 1 saturated heterocycles. The van der Waals surface area contributed by atoms with Crippen LogP contribution in [0.5, 0.6) is 0 Å². The largest absolute Gasteiger partial charge is 0.330 e. The van der Waals surface area contributed by atoms with Gasteiger partial charge in [-0.05, 0) is 24.8 Å². The van der Waals surface area contributed by atoms with Crippen LogP contribution in [-0.4, -0.2) is 29.8 Å². The molecule has 0 saturated carbocycles. The standard InChI is InChI=1S/C13H24N2O2/c1-9-10(2)12(17)15(11(9)16)7-5-6-13(3,4)8-14/h9-10H,5-8,14H2,1-4H3. The van der Waals surface area contributed by atoms with Gasteiger partial charge in [-0.1, -0.05) is 27.7 Å². The molecule has 1 aliphatic rings. The van der Waals surface area contributed by atoms with Crippen LogP contribution in [0.1, 0.15) is 40.5 Å². The zero-order chi connectivity index (χ0) is 13.2. The van der Waals surface area contributed by atoms with E-state index < -0.39 is 0 Å². The third-order valence-electron chi connectivity index (χ3n) is 3.85. The number of carbonyl (C=O) groups is 2. The minimum atomic E-state index is -0.162. The van der Waals surface area contributed by atoms with Gasteiger partial charge in [-0.3, -0.25) is 14.5 Å². The predicted octanol–water partition coefficient (Wildman–Crippen LogP) is 1.39. The third kappa shape index (κ3) is 3.06. The Labute approximate surface area is 104 Å². The van der Waals surface area contributed by atoms with Gasteiger partial charge in [0.2, 0.25) is 11.8 Å². The molecular formula is C13H24N2O2. The first-order valence-electron chi connectivity index (χ1n) is 6.35. The number of hydrogen-bond acceptors (Lipinski definition) is 3. The van der Waals surface area contributed by atoms with Crippen LogP contribution in [0.3, 0.4) is 0 Å². The second kappa shape index (κ2) is 5.17. The van der Waals surface area contributed by atoms with E-state index in [-0.39, 0.29) is 29.1 Å². The maximum Gasteiger partial charge on any atom is 0.232 e. The molecule has 1 heterocycles. The molecule has 2 atom stereocenters. The van der Waals surface area contributed by atoms with Crippen molar-refractivity contribution in [1.82, 2.24) is 4.90 Å². The van der Waals surface area contributed by atoms with Gasteiger partial charge in [-0.25, -0.2) is 0 Å². The maximum absolute atomic E-state index is 11.8. The topological polar surface area (TPSA) is 63.4 Å². The molecule has 0 bridgehead atoms. The molecule has 98 valence electrons.